The van der Waals surface area contributed by atoms with Gasteiger partial charge in [-0.2, -0.15) is 0 Å². The number of nitrogens with one attached hydrogen (secondary N) is 1. The number of hydrogen-bond acceptors (Lipinski definition) is 2. The lowest BCUT2D eigenvalue weighted by Crippen LogP contribution is -2.45. The topological polar surface area (TPSA) is 32.3 Å². The maximum absolute atomic E-state index is 12.9. The van der Waals surface area contributed by atoms with E-state index in [1.54, 1.807) is 0 Å². The lowest BCUT2D eigenvalue weighted by molar-refractivity contribution is -0.134. The normalized spacial score (nSPS) is 27.2. The molecule has 1 amide bonds. The predicted molar refractivity (Wildman–Crippen MR) is 83.3 cm³/mol. The molecule has 1 spiro atoms. The minimum atomic E-state index is -0.212. The number of rotatable bonds is 5. The lowest BCUT2D eigenvalue weighted by atomic mass is 9.95. The summed E-state index contributed by atoms with van der Waals surface area (Å²) in [5.41, 5.74) is -0.212. The zero-order valence-corrected chi connectivity index (χ0v) is 13.9. The maximum atomic E-state index is 12.9. The summed E-state index contributed by atoms with van der Waals surface area (Å²) in [6.07, 6.45) is 5.78. The Kier molecular flexibility index (Phi) is 4.78. The predicted octanol–water partition coefficient (Wildman–Crippen LogP) is 3.40. The van der Waals surface area contributed by atoms with E-state index >= 15 is 0 Å². The molecule has 1 saturated carbocycles. The van der Waals surface area contributed by atoms with E-state index in [1.165, 1.54) is 12.8 Å². The van der Waals surface area contributed by atoms with Gasteiger partial charge in [0.15, 0.2) is 0 Å². The molecule has 3 heteroatoms. The Labute approximate surface area is 124 Å². The summed E-state index contributed by atoms with van der Waals surface area (Å²) in [7, 11) is 0. The number of carbonyl (C=O) groups excluding carboxylic acids is 1. The third kappa shape index (κ3) is 3.03. The molecule has 1 saturated heterocycles. The fourth-order valence-electron chi connectivity index (χ4n) is 3.58. The Hall–Kier alpha value is -0.570. The van der Waals surface area contributed by atoms with E-state index in [9.17, 15) is 4.79 Å². The second-order valence-corrected chi connectivity index (χ2v) is 7.76. The lowest BCUT2D eigenvalue weighted by Gasteiger charge is -2.29. The van der Waals surface area contributed by atoms with Crippen LogP contribution in [0.1, 0.15) is 66.7 Å². The molecule has 1 aliphatic carbocycles. The van der Waals surface area contributed by atoms with Crippen molar-refractivity contribution in [2.75, 3.05) is 6.54 Å². The van der Waals surface area contributed by atoms with E-state index in [1.807, 2.05) is 0 Å². The molecule has 1 N–H and O–H groups in total. The van der Waals surface area contributed by atoms with E-state index < -0.39 is 0 Å². The molecule has 2 unspecified atom stereocenters. The molecule has 1 aliphatic heterocycles. The van der Waals surface area contributed by atoms with Crippen LogP contribution in [0.3, 0.4) is 0 Å². The molecule has 2 fully saturated rings. The Bertz CT molecular complexity index is 345. The van der Waals surface area contributed by atoms with E-state index in [-0.39, 0.29) is 11.7 Å². The van der Waals surface area contributed by atoms with Gasteiger partial charge in [0.05, 0.1) is 11.7 Å². The number of nitrogens with zero attached hydrogens (tertiary/aromatic N) is 1. The van der Waals surface area contributed by atoms with E-state index in [0.29, 0.717) is 23.7 Å². The molecule has 2 atom stereocenters. The van der Waals surface area contributed by atoms with Crippen molar-refractivity contribution in [3.63, 3.8) is 0 Å². The molecule has 0 bridgehead atoms. The van der Waals surface area contributed by atoms with E-state index in [2.05, 4.69) is 44.8 Å². The van der Waals surface area contributed by atoms with Gasteiger partial charge in [0, 0.05) is 6.54 Å². The molecule has 1 heterocycles. The van der Waals surface area contributed by atoms with Crippen molar-refractivity contribution in [1.29, 1.82) is 0 Å². The zero-order chi connectivity index (χ0) is 14.9. The van der Waals surface area contributed by atoms with E-state index in [4.69, 9.17) is 0 Å². The van der Waals surface area contributed by atoms with Crippen LogP contribution in [0.25, 0.3) is 0 Å². The third-order valence-electron chi connectivity index (χ3n) is 5.26. The number of amides is 1. The zero-order valence-electron chi connectivity index (χ0n) is 13.9. The van der Waals surface area contributed by atoms with Gasteiger partial charge in [-0.25, -0.2) is 0 Å². The van der Waals surface area contributed by atoms with Gasteiger partial charge in [-0.3, -0.25) is 10.1 Å². The summed E-state index contributed by atoms with van der Waals surface area (Å²) in [6, 6.07) is 0. The minimum Gasteiger partial charge on any atom is -0.325 e. The molecular weight excluding hydrogens is 248 g/mol. The number of carbonyl (C=O) groups is 1. The molecule has 0 radical (unpaired) electrons. The maximum Gasteiger partial charge on any atom is 0.244 e. The molecule has 0 aromatic heterocycles. The Morgan fingerprint density at radius 2 is 1.80 bits per heavy atom. The van der Waals surface area contributed by atoms with Crippen molar-refractivity contribution >= 4 is 5.91 Å². The van der Waals surface area contributed by atoms with Crippen molar-refractivity contribution in [2.45, 2.75) is 78.4 Å². The first-order valence-corrected chi connectivity index (χ1v) is 8.44. The van der Waals surface area contributed by atoms with Gasteiger partial charge in [-0.05, 0) is 37.0 Å². The fraction of sp³-hybridized carbons (Fsp3) is 0.941. The van der Waals surface area contributed by atoms with Crippen LogP contribution >= 0.6 is 0 Å². The Morgan fingerprint density at radius 3 is 2.30 bits per heavy atom. The van der Waals surface area contributed by atoms with Gasteiger partial charge in [0.25, 0.3) is 0 Å². The van der Waals surface area contributed by atoms with Crippen molar-refractivity contribution in [3.05, 3.63) is 0 Å². The summed E-state index contributed by atoms with van der Waals surface area (Å²) in [5.74, 6) is 2.19. The summed E-state index contributed by atoms with van der Waals surface area (Å²) in [4.78, 5) is 15.1. The summed E-state index contributed by atoms with van der Waals surface area (Å²) < 4.78 is 0. The quantitative estimate of drug-likeness (QED) is 0.837. The van der Waals surface area contributed by atoms with Gasteiger partial charge < -0.3 is 4.90 Å². The van der Waals surface area contributed by atoms with E-state index in [0.717, 1.165) is 25.8 Å². The molecule has 2 rings (SSSR count). The Balaban J connectivity index is 2.13. The van der Waals surface area contributed by atoms with Crippen LogP contribution in [-0.4, -0.2) is 29.1 Å². The molecule has 0 aromatic carbocycles. The van der Waals surface area contributed by atoms with Crippen LogP contribution in [0, 0.1) is 17.8 Å². The smallest absolute Gasteiger partial charge is 0.244 e. The molecule has 2 aliphatic rings. The van der Waals surface area contributed by atoms with Crippen LogP contribution in [0.4, 0.5) is 0 Å². The van der Waals surface area contributed by atoms with Crippen molar-refractivity contribution in [2.24, 2.45) is 17.8 Å². The van der Waals surface area contributed by atoms with Crippen LogP contribution in [0.2, 0.25) is 0 Å². The van der Waals surface area contributed by atoms with Crippen LogP contribution in [-0.2, 0) is 4.79 Å². The molecular formula is C17H32N2O. The first-order valence-electron chi connectivity index (χ1n) is 8.44. The van der Waals surface area contributed by atoms with Crippen LogP contribution in [0.5, 0.6) is 0 Å². The first kappa shape index (κ1) is 15.8. The average Bonchev–Trinajstić information content (AvgIpc) is 2.90. The summed E-state index contributed by atoms with van der Waals surface area (Å²) in [5, 5.41) is 3.72. The van der Waals surface area contributed by atoms with Crippen LogP contribution < -0.4 is 5.32 Å². The average molecular weight is 280 g/mol. The highest BCUT2D eigenvalue weighted by Crippen LogP contribution is 2.38. The van der Waals surface area contributed by atoms with Crippen molar-refractivity contribution in [1.82, 2.24) is 10.2 Å². The van der Waals surface area contributed by atoms with Gasteiger partial charge in [0.2, 0.25) is 5.91 Å². The molecule has 116 valence electrons. The minimum absolute atomic E-state index is 0.212. The highest BCUT2D eigenvalue weighted by atomic mass is 16.2. The standard InChI is InChI=1S/C17H32N2O/c1-12(2)10-15-18-17(8-6-7-9-17)16(20)19(15)11-14(5)13(3)4/h12-15,18H,6-11H2,1-5H3. The summed E-state index contributed by atoms with van der Waals surface area (Å²) in [6.45, 7) is 12.2. The second kappa shape index (κ2) is 6.05. The second-order valence-electron chi connectivity index (χ2n) is 7.76. The molecule has 3 nitrogen and oxygen atoms in total. The highest BCUT2D eigenvalue weighted by Gasteiger charge is 2.52. The molecule has 20 heavy (non-hydrogen) atoms. The van der Waals surface area contributed by atoms with Crippen LogP contribution in [0.15, 0.2) is 0 Å². The van der Waals surface area contributed by atoms with Gasteiger partial charge in [-0.15, -0.1) is 0 Å². The van der Waals surface area contributed by atoms with Crippen molar-refractivity contribution in [3.8, 4) is 0 Å². The Morgan fingerprint density at radius 1 is 1.20 bits per heavy atom. The van der Waals surface area contributed by atoms with Crippen molar-refractivity contribution < 1.29 is 4.79 Å². The third-order valence-corrected chi connectivity index (χ3v) is 5.26. The fourth-order valence-corrected chi connectivity index (χ4v) is 3.58. The van der Waals surface area contributed by atoms with Gasteiger partial charge in [0.1, 0.15) is 0 Å². The monoisotopic (exact) mass is 280 g/mol. The summed E-state index contributed by atoms with van der Waals surface area (Å²) >= 11 is 0. The first-order chi connectivity index (χ1) is 9.35. The SMILES string of the molecule is CC(C)CC1NC2(CCCC2)C(=O)N1CC(C)C(C)C. The largest absolute Gasteiger partial charge is 0.325 e. The number of hydrogen-bond donors (Lipinski definition) is 1. The van der Waals surface area contributed by atoms with Gasteiger partial charge in [-0.1, -0.05) is 47.5 Å². The molecule has 0 aromatic rings. The highest BCUT2D eigenvalue weighted by molar-refractivity contribution is 5.89. The van der Waals surface area contributed by atoms with Gasteiger partial charge >= 0.3 is 0 Å².